The molecular formula is C15H14F3N. The van der Waals surface area contributed by atoms with Crippen molar-refractivity contribution in [2.45, 2.75) is 19.1 Å². The number of rotatable bonds is 2. The lowest BCUT2D eigenvalue weighted by atomic mass is 9.97. The molecule has 2 rings (SSSR count). The molecule has 0 aliphatic heterocycles. The Morgan fingerprint density at radius 1 is 0.947 bits per heavy atom. The quantitative estimate of drug-likeness (QED) is 0.856. The predicted molar refractivity (Wildman–Crippen MR) is 69.5 cm³/mol. The summed E-state index contributed by atoms with van der Waals surface area (Å²) >= 11 is 0. The van der Waals surface area contributed by atoms with Crippen molar-refractivity contribution in [2.24, 2.45) is 5.73 Å². The standard InChI is InChI=1S/C15H14F3N/c1-10(19)11-6-8-12(9-7-11)13-4-2-3-5-14(13)15(16,17)18/h2-10H,19H2,1H3. The van der Waals surface area contributed by atoms with Crippen LogP contribution in [0.4, 0.5) is 13.2 Å². The fourth-order valence-corrected chi connectivity index (χ4v) is 1.95. The molecule has 2 aromatic carbocycles. The summed E-state index contributed by atoms with van der Waals surface area (Å²) in [6.45, 7) is 1.83. The molecule has 100 valence electrons. The van der Waals surface area contributed by atoms with Crippen LogP contribution in [0.2, 0.25) is 0 Å². The molecule has 0 saturated heterocycles. The van der Waals surface area contributed by atoms with Crippen LogP contribution in [0.5, 0.6) is 0 Å². The van der Waals surface area contributed by atoms with E-state index in [1.807, 2.05) is 6.92 Å². The van der Waals surface area contributed by atoms with E-state index < -0.39 is 11.7 Å². The normalized spacial score (nSPS) is 13.3. The summed E-state index contributed by atoms with van der Waals surface area (Å²) in [6.07, 6.45) is -4.35. The van der Waals surface area contributed by atoms with Gasteiger partial charge in [0.05, 0.1) is 5.56 Å². The van der Waals surface area contributed by atoms with Crippen molar-refractivity contribution in [3.8, 4) is 11.1 Å². The first kappa shape index (κ1) is 13.6. The zero-order valence-corrected chi connectivity index (χ0v) is 10.4. The summed E-state index contributed by atoms with van der Waals surface area (Å²) in [5.41, 5.74) is 6.72. The van der Waals surface area contributed by atoms with Gasteiger partial charge in [0.15, 0.2) is 0 Å². The number of hydrogen-bond acceptors (Lipinski definition) is 1. The average molecular weight is 265 g/mol. The van der Waals surface area contributed by atoms with Crippen molar-refractivity contribution in [1.82, 2.24) is 0 Å². The summed E-state index contributed by atoms with van der Waals surface area (Å²) in [6, 6.07) is 12.3. The van der Waals surface area contributed by atoms with Gasteiger partial charge in [-0.15, -0.1) is 0 Å². The third-order valence-electron chi connectivity index (χ3n) is 2.98. The molecule has 0 saturated carbocycles. The number of benzene rings is 2. The Bertz CT molecular complexity index is 556. The van der Waals surface area contributed by atoms with Crippen LogP contribution in [0, 0.1) is 0 Å². The van der Waals surface area contributed by atoms with Crippen LogP contribution in [0.1, 0.15) is 24.1 Å². The maximum Gasteiger partial charge on any atom is 0.417 e. The molecule has 2 aromatic rings. The van der Waals surface area contributed by atoms with Crippen LogP contribution in [0.15, 0.2) is 48.5 Å². The van der Waals surface area contributed by atoms with Crippen LogP contribution in [0.3, 0.4) is 0 Å². The Balaban J connectivity index is 2.48. The number of hydrogen-bond donors (Lipinski definition) is 1. The van der Waals surface area contributed by atoms with Gasteiger partial charge in [0.1, 0.15) is 0 Å². The average Bonchev–Trinajstić information content (AvgIpc) is 2.38. The molecule has 0 aliphatic carbocycles. The molecule has 0 bridgehead atoms. The van der Waals surface area contributed by atoms with Crippen molar-refractivity contribution in [1.29, 1.82) is 0 Å². The predicted octanol–water partition coefficient (Wildman–Crippen LogP) is 4.39. The van der Waals surface area contributed by atoms with Crippen LogP contribution < -0.4 is 5.73 Å². The van der Waals surface area contributed by atoms with E-state index in [0.717, 1.165) is 11.6 Å². The molecule has 0 aromatic heterocycles. The zero-order chi connectivity index (χ0) is 14.0. The Kier molecular flexibility index (Phi) is 3.62. The highest BCUT2D eigenvalue weighted by atomic mass is 19.4. The van der Waals surface area contributed by atoms with E-state index in [9.17, 15) is 13.2 Å². The molecule has 1 unspecified atom stereocenters. The van der Waals surface area contributed by atoms with Gasteiger partial charge in [0.25, 0.3) is 0 Å². The first-order valence-corrected chi connectivity index (χ1v) is 5.92. The SMILES string of the molecule is CC(N)c1ccc(-c2ccccc2C(F)(F)F)cc1. The van der Waals surface area contributed by atoms with E-state index in [2.05, 4.69) is 0 Å². The molecule has 19 heavy (non-hydrogen) atoms. The first-order valence-electron chi connectivity index (χ1n) is 5.92. The van der Waals surface area contributed by atoms with Gasteiger partial charge in [-0.3, -0.25) is 0 Å². The molecule has 1 nitrogen and oxygen atoms in total. The highest BCUT2D eigenvalue weighted by Crippen LogP contribution is 2.36. The minimum Gasteiger partial charge on any atom is -0.324 e. The molecule has 1 atom stereocenters. The van der Waals surface area contributed by atoms with Crippen molar-refractivity contribution < 1.29 is 13.2 Å². The van der Waals surface area contributed by atoms with Gasteiger partial charge in [-0.25, -0.2) is 0 Å². The maximum atomic E-state index is 12.9. The summed E-state index contributed by atoms with van der Waals surface area (Å²) in [5, 5.41) is 0. The topological polar surface area (TPSA) is 26.0 Å². The summed E-state index contributed by atoms with van der Waals surface area (Å²) in [5.74, 6) is 0. The Morgan fingerprint density at radius 2 is 1.53 bits per heavy atom. The van der Waals surface area contributed by atoms with Crippen molar-refractivity contribution in [3.63, 3.8) is 0 Å². The maximum absolute atomic E-state index is 12.9. The van der Waals surface area contributed by atoms with E-state index in [4.69, 9.17) is 5.73 Å². The molecule has 0 aliphatic rings. The highest BCUT2D eigenvalue weighted by molar-refractivity contribution is 5.68. The lowest BCUT2D eigenvalue weighted by Gasteiger charge is -2.13. The van der Waals surface area contributed by atoms with Gasteiger partial charge < -0.3 is 5.73 Å². The minimum absolute atomic E-state index is 0.132. The van der Waals surface area contributed by atoms with Gasteiger partial charge in [0.2, 0.25) is 0 Å². The fraction of sp³-hybridized carbons (Fsp3) is 0.200. The molecule has 0 heterocycles. The molecule has 0 spiro atoms. The van der Waals surface area contributed by atoms with Gasteiger partial charge >= 0.3 is 6.18 Å². The van der Waals surface area contributed by atoms with Crippen LogP contribution in [-0.4, -0.2) is 0 Å². The smallest absolute Gasteiger partial charge is 0.324 e. The van der Waals surface area contributed by atoms with Gasteiger partial charge in [0, 0.05) is 6.04 Å². The van der Waals surface area contributed by atoms with E-state index in [1.54, 1.807) is 30.3 Å². The van der Waals surface area contributed by atoms with Gasteiger partial charge in [-0.05, 0) is 29.7 Å². The molecule has 2 N–H and O–H groups in total. The van der Waals surface area contributed by atoms with Crippen LogP contribution in [0.25, 0.3) is 11.1 Å². The van der Waals surface area contributed by atoms with Crippen molar-refractivity contribution >= 4 is 0 Å². The number of alkyl halides is 3. The summed E-state index contributed by atoms with van der Waals surface area (Å²) in [7, 11) is 0. The zero-order valence-electron chi connectivity index (χ0n) is 10.4. The third-order valence-corrected chi connectivity index (χ3v) is 2.98. The molecule has 0 fully saturated rings. The monoisotopic (exact) mass is 265 g/mol. The number of halogens is 3. The van der Waals surface area contributed by atoms with Crippen molar-refractivity contribution in [3.05, 3.63) is 59.7 Å². The van der Waals surface area contributed by atoms with Gasteiger partial charge in [-0.1, -0.05) is 42.5 Å². The number of nitrogens with two attached hydrogens (primary N) is 1. The second-order valence-corrected chi connectivity index (χ2v) is 4.45. The molecular weight excluding hydrogens is 251 g/mol. The van der Waals surface area contributed by atoms with E-state index in [-0.39, 0.29) is 11.6 Å². The second kappa shape index (κ2) is 5.05. The van der Waals surface area contributed by atoms with E-state index in [1.165, 1.54) is 12.1 Å². The summed E-state index contributed by atoms with van der Waals surface area (Å²) in [4.78, 5) is 0. The second-order valence-electron chi connectivity index (χ2n) is 4.45. The largest absolute Gasteiger partial charge is 0.417 e. The Hall–Kier alpha value is -1.81. The summed E-state index contributed by atoms with van der Waals surface area (Å²) < 4.78 is 38.8. The minimum atomic E-state index is -4.35. The highest BCUT2D eigenvalue weighted by Gasteiger charge is 2.33. The Morgan fingerprint density at radius 3 is 2.05 bits per heavy atom. The van der Waals surface area contributed by atoms with E-state index >= 15 is 0 Å². The Labute approximate surface area is 109 Å². The fourth-order valence-electron chi connectivity index (χ4n) is 1.95. The molecule has 0 amide bonds. The third kappa shape index (κ3) is 2.96. The molecule has 0 radical (unpaired) electrons. The van der Waals surface area contributed by atoms with Crippen LogP contribution in [-0.2, 0) is 6.18 Å². The first-order chi connectivity index (χ1) is 8.89. The van der Waals surface area contributed by atoms with Crippen molar-refractivity contribution in [2.75, 3.05) is 0 Å². The van der Waals surface area contributed by atoms with Crippen LogP contribution >= 0.6 is 0 Å². The lowest BCUT2D eigenvalue weighted by Crippen LogP contribution is -2.07. The van der Waals surface area contributed by atoms with Gasteiger partial charge in [-0.2, -0.15) is 13.2 Å². The van der Waals surface area contributed by atoms with E-state index in [0.29, 0.717) is 5.56 Å². The lowest BCUT2D eigenvalue weighted by molar-refractivity contribution is -0.137. The molecule has 4 heteroatoms.